The Kier molecular flexibility index (Phi) is 3.20. The summed E-state index contributed by atoms with van der Waals surface area (Å²) in [5, 5.41) is 3.52. The van der Waals surface area contributed by atoms with Gasteiger partial charge in [-0.05, 0) is 47.3 Å². The zero-order valence-corrected chi connectivity index (χ0v) is 12.1. The largest absolute Gasteiger partial charge is 0.345 e. The molecule has 1 aromatic rings. The molecular weight excluding hydrogens is 294 g/mol. The highest BCUT2D eigenvalue weighted by atomic mass is 79.9. The summed E-state index contributed by atoms with van der Waals surface area (Å²) in [6.45, 7) is 2.88. The number of fused-ring (bicyclic) bond motifs is 1. The molecule has 2 atom stereocenters. The fraction of sp³-hybridized carbons (Fsp3) is 0.615. The van der Waals surface area contributed by atoms with Gasteiger partial charge < -0.3 is 14.8 Å². The Morgan fingerprint density at radius 3 is 3.06 bits per heavy atom. The van der Waals surface area contributed by atoms with Crippen LogP contribution < -0.4 is 5.32 Å². The molecule has 4 nitrogen and oxygen atoms in total. The predicted molar refractivity (Wildman–Crippen MR) is 73.5 cm³/mol. The van der Waals surface area contributed by atoms with E-state index in [1.807, 2.05) is 28.8 Å². The first-order valence-corrected chi connectivity index (χ1v) is 7.29. The number of halogens is 1. The van der Waals surface area contributed by atoms with Gasteiger partial charge in [-0.25, -0.2) is 0 Å². The average molecular weight is 312 g/mol. The van der Waals surface area contributed by atoms with Crippen molar-refractivity contribution >= 4 is 21.8 Å². The average Bonchev–Trinajstić information content (AvgIpc) is 2.93. The third-order valence-electron chi connectivity index (χ3n) is 4.13. The quantitative estimate of drug-likeness (QED) is 0.855. The molecule has 5 heteroatoms. The Labute approximate surface area is 115 Å². The summed E-state index contributed by atoms with van der Waals surface area (Å²) < 4.78 is 2.86. The van der Waals surface area contributed by atoms with E-state index in [1.54, 1.807) is 0 Å². The first-order chi connectivity index (χ1) is 8.65. The maximum Gasteiger partial charge on any atom is 0.270 e. The predicted octanol–water partition coefficient (Wildman–Crippen LogP) is 1.61. The molecule has 2 unspecified atom stereocenters. The zero-order chi connectivity index (χ0) is 12.7. The van der Waals surface area contributed by atoms with Gasteiger partial charge in [0.25, 0.3) is 5.91 Å². The summed E-state index contributed by atoms with van der Waals surface area (Å²) in [5.41, 5.74) is 0.770. The Balaban J connectivity index is 1.75. The minimum absolute atomic E-state index is 0.161. The highest BCUT2D eigenvalue weighted by molar-refractivity contribution is 9.10. The minimum Gasteiger partial charge on any atom is -0.345 e. The molecular formula is C13H18BrN3O. The third kappa shape index (κ3) is 2.10. The number of aromatic nitrogens is 1. The molecule has 0 radical (unpaired) electrons. The van der Waals surface area contributed by atoms with Crippen LogP contribution >= 0.6 is 15.9 Å². The van der Waals surface area contributed by atoms with E-state index in [-0.39, 0.29) is 5.91 Å². The van der Waals surface area contributed by atoms with Crippen LogP contribution in [0.4, 0.5) is 0 Å². The van der Waals surface area contributed by atoms with Gasteiger partial charge in [0.1, 0.15) is 5.69 Å². The van der Waals surface area contributed by atoms with Gasteiger partial charge >= 0.3 is 0 Å². The molecule has 0 spiro atoms. The molecule has 1 amide bonds. The van der Waals surface area contributed by atoms with Crippen molar-refractivity contribution in [2.45, 2.75) is 18.9 Å². The van der Waals surface area contributed by atoms with Crippen LogP contribution in [0, 0.1) is 5.92 Å². The van der Waals surface area contributed by atoms with E-state index in [0.29, 0.717) is 12.0 Å². The minimum atomic E-state index is 0.161. The molecule has 2 saturated heterocycles. The number of carbonyl (C=O) groups is 1. The second kappa shape index (κ2) is 4.70. The van der Waals surface area contributed by atoms with Crippen LogP contribution in [-0.4, -0.2) is 41.1 Å². The van der Waals surface area contributed by atoms with Crippen molar-refractivity contribution < 1.29 is 4.79 Å². The van der Waals surface area contributed by atoms with Crippen molar-refractivity contribution in [3.05, 3.63) is 22.4 Å². The van der Waals surface area contributed by atoms with Gasteiger partial charge in [-0.15, -0.1) is 0 Å². The first-order valence-electron chi connectivity index (χ1n) is 6.49. The van der Waals surface area contributed by atoms with Gasteiger partial charge in [0.15, 0.2) is 0 Å². The fourth-order valence-electron chi connectivity index (χ4n) is 3.13. The van der Waals surface area contributed by atoms with Gasteiger partial charge in [0.2, 0.25) is 0 Å². The Bertz CT molecular complexity index is 471. The summed E-state index contributed by atoms with van der Waals surface area (Å²) in [4.78, 5) is 14.5. The number of piperidine rings is 1. The number of nitrogens with one attached hydrogen (secondary N) is 1. The van der Waals surface area contributed by atoms with E-state index in [1.165, 1.54) is 6.42 Å². The maximum absolute atomic E-state index is 12.5. The normalized spacial score (nSPS) is 27.3. The number of rotatable bonds is 1. The fourth-order valence-corrected chi connectivity index (χ4v) is 3.65. The highest BCUT2D eigenvalue weighted by Gasteiger charge is 2.35. The number of amides is 1. The van der Waals surface area contributed by atoms with E-state index < -0.39 is 0 Å². The van der Waals surface area contributed by atoms with Gasteiger partial charge in [0.05, 0.1) is 0 Å². The third-order valence-corrected chi connectivity index (χ3v) is 4.57. The molecule has 2 aliphatic rings. The van der Waals surface area contributed by atoms with Crippen molar-refractivity contribution in [3.8, 4) is 0 Å². The van der Waals surface area contributed by atoms with E-state index in [4.69, 9.17) is 0 Å². The topological polar surface area (TPSA) is 37.3 Å². The lowest BCUT2D eigenvalue weighted by molar-refractivity contribution is 0.0652. The van der Waals surface area contributed by atoms with Gasteiger partial charge in [-0.3, -0.25) is 4.79 Å². The number of carbonyl (C=O) groups excluding carboxylic acids is 1. The van der Waals surface area contributed by atoms with E-state index in [2.05, 4.69) is 21.2 Å². The molecule has 2 fully saturated rings. The van der Waals surface area contributed by atoms with Crippen molar-refractivity contribution in [2.75, 3.05) is 19.6 Å². The van der Waals surface area contributed by atoms with E-state index in [0.717, 1.165) is 36.2 Å². The molecule has 0 aliphatic carbocycles. The van der Waals surface area contributed by atoms with Gasteiger partial charge in [0, 0.05) is 36.8 Å². The SMILES string of the molecule is Cn1cc(Br)cc1C(=O)N1CCC2NCCC2C1. The molecule has 0 aromatic carbocycles. The maximum atomic E-state index is 12.5. The van der Waals surface area contributed by atoms with Gasteiger partial charge in [-0.1, -0.05) is 0 Å². The highest BCUT2D eigenvalue weighted by Crippen LogP contribution is 2.26. The summed E-state index contributed by atoms with van der Waals surface area (Å²) in [7, 11) is 1.92. The number of hydrogen-bond acceptors (Lipinski definition) is 2. The van der Waals surface area contributed by atoms with Crippen LogP contribution in [0.25, 0.3) is 0 Å². The number of nitrogens with zero attached hydrogens (tertiary/aromatic N) is 2. The van der Waals surface area contributed by atoms with E-state index >= 15 is 0 Å². The van der Waals surface area contributed by atoms with Crippen LogP contribution in [0.2, 0.25) is 0 Å². The summed E-state index contributed by atoms with van der Waals surface area (Å²) in [6.07, 6.45) is 4.21. The second-order valence-corrected chi connectivity index (χ2v) is 6.22. The lowest BCUT2D eigenvalue weighted by Gasteiger charge is -2.34. The van der Waals surface area contributed by atoms with Crippen LogP contribution in [0.15, 0.2) is 16.7 Å². The Morgan fingerprint density at radius 2 is 2.33 bits per heavy atom. The second-order valence-electron chi connectivity index (χ2n) is 5.30. The van der Waals surface area contributed by atoms with Gasteiger partial charge in [-0.2, -0.15) is 0 Å². The van der Waals surface area contributed by atoms with Crippen LogP contribution in [0.5, 0.6) is 0 Å². The number of hydrogen-bond donors (Lipinski definition) is 1. The summed E-state index contributed by atoms with van der Waals surface area (Å²) >= 11 is 3.42. The van der Waals surface area contributed by atoms with Crippen LogP contribution in [-0.2, 0) is 7.05 Å². The Morgan fingerprint density at radius 1 is 1.50 bits per heavy atom. The van der Waals surface area contributed by atoms with Crippen molar-refractivity contribution in [3.63, 3.8) is 0 Å². The lowest BCUT2D eigenvalue weighted by Crippen LogP contribution is -2.47. The van der Waals surface area contributed by atoms with Crippen molar-refractivity contribution in [1.29, 1.82) is 0 Å². The lowest BCUT2D eigenvalue weighted by atomic mass is 9.93. The summed E-state index contributed by atoms with van der Waals surface area (Å²) in [5.74, 6) is 0.806. The molecule has 1 aromatic heterocycles. The van der Waals surface area contributed by atoms with Crippen LogP contribution in [0.1, 0.15) is 23.3 Å². The molecule has 1 N–H and O–H groups in total. The van der Waals surface area contributed by atoms with Crippen molar-refractivity contribution in [1.82, 2.24) is 14.8 Å². The standard InChI is InChI=1S/C13H18BrN3O/c1-16-8-10(14)6-12(16)13(18)17-5-3-11-9(7-17)2-4-15-11/h6,8-9,11,15H,2-5,7H2,1H3. The van der Waals surface area contributed by atoms with Crippen LogP contribution in [0.3, 0.4) is 0 Å². The molecule has 98 valence electrons. The molecule has 2 aliphatic heterocycles. The molecule has 0 saturated carbocycles. The Hall–Kier alpha value is -0.810. The molecule has 3 heterocycles. The number of likely N-dealkylation sites (tertiary alicyclic amines) is 1. The molecule has 3 rings (SSSR count). The van der Waals surface area contributed by atoms with E-state index in [9.17, 15) is 4.79 Å². The monoisotopic (exact) mass is 311 g/mol. The summed E-state index contributed by atoms with van der Waals surface area (Å²) in [6, 6.07) is 2.54. The zero-order valence-electron chi connectivity index (χ0n) is 10.5. The molecule has 0 bridgehead atoms. The number of aryl methyl sites for hydroxylation is 1. The first kappa shape index (κ1) is 12.2. The van der Waals surface area contributed by atoms with Crippen molar-refractivity contribution in [2.24, 2.45) is 13.0 Å². The molecule has 18 heavy (non-hydrogen) atoms. The smallest absolute Gasteiger partial charge is 0.270 e.